The Labute approximate surface area is 156 Å². The molecule has 1 aromatic carbocycles. The zero-order valence-corrected chi connectivity index (χ0v) is 16.5. The van der Waals surface area contributed by atoms with Gasteiger partial charge in [-0.1, -0.05) is 15.9 Å². The minimum atomic E-state index is -3.55. The fourth-order valence-corrected chi connectivity index (χ4v) is 4.11. The van der Waals surface area contributed by atoms with Crippen LogP contribution in [0.1, 0.15) is 12.8 Å². The standard InChI is InChI=1S/C16H23BrN2O5S/c1-23-10-11-24-12-16(20)19-8-6-14(7-9-19)18-25(21,22)15-4-2-13(17)3-5-15/h2-5,14,18H,6-12H2,1H3. The van der Waals surface area contributed by atoms with E-state index < -0.39 is 10.0 Å². The van der Waals surface area contributed by atoms with Gasteiger partial charge in [0, 0.05) is 30.7 Å². The van der Waals surface area contributed by atoms with Crippen LogP contribution in [-0.2, 0) is 24.3 Å². The van der Waals surface area contributed by atoms with E-state index in [0.717, 1.165) is 4.47 Å². The van der Waals surface area contributed by atoms with Crippen molar-refractivity contribution >= 4 is 31.9 Å². The van der Waals surface area contributed by atoms with E-state index in [-0.39, 0.29) is 23.5 Å². The van der Waals surface area contributed by atoms with Gasteiger partial charge in [0.15, 0.2) is 0 Å². The lowest BCUT2D eigenvalue weighted by atomic mass is 10.1. The maximum Gasteiger partial charge on any atom is 0.248 e. The van der Waals surface area contributed by atoms with Gasteiger partial charge in [0.05, 0.1) is 18.1 Å². The molecule has 1 aromatic rings. The van der Waals surface area contributed by atoms with E-state index in [1.54, 1.807) is 36.3 Å². The van der Waals surface area contributed by atoms with Crippen molar-refractivity contribution in [2.45, 2.75) is 23.8 Å². The molecule has 0 unspecified atom stereocenters. The predicted molar refractivity (Wildman–Crippen MR) is 96.8 cm³/mol. The third-order valence-corrected chi connectivity index (χ3v) is 6.02. The van der Waals surface area contributed by atoms with Crippen molar-refractivity contribution in [1.29, 1.82) is 0 Å². The highest BCUT2D eigenvalue weighted by molar-refractivity contribution is 9.10. The van der Waals surface area contributed by atoms with Crippen LogP contribution in [0.3, 0.4) is 0 Å². The second kappa shape index (κ2) is 9.63. The number of piperidine rings is 1. The van der Waals surface area contributed by atoms with Crippen LogP contribution in [0.4, 0.5) is 0 Å². The summed E-state index contributed by atoms with van der Waals surface area (Å²) in [6.07, 6.45) is 1.17. The third kappa shape index (κ3) is 6.34. The van der Waals surface area contributed by atoms with Gasteiger partial charge in [-0.3, -0.25) is 4.79 Å². The van der Waals surface area contributed by atoms with E-state index in [2.05, 4.69) is 20.7 Å². The van der Waals surface area contributed by atoms with E-state index in [1.165, 1.54) is 0 Å². The van der Waals surface area contributed by atoms with Crippen LogP contribution >= 0.6 is 15.9 Å². The normalized spacial score (nSPS) is 16.2. The van der Waals surface area contributed by atoms with Crippen LogP contribution in [0.15, 0.2) is 33.6 Å². The molecular weight excluding hydrogens is 412 g/mol. The maximum absolute atomic E-state index is 12.4. The molecule has 2 rings (SSSR count). The Morgan fingerprint density at radius 1 is 1.24 bits per heavy atom. The van der Waals surface area contributed by atoms with Crippen LogP contribution < -0.4 is 4.72 Å². The summed E-state index contributed by atoms with van der Waals surface area (Å²) >= 11 is 3.29. The number of nitrogens with one attached hydrogen (secondary N) is 1. The van der Waals surface area contributed by atoms with E-state index in [4.69, 9.17) is 9.47 Å². The number of sulfonamides is 1. The molecule has 0 atom stereocenters. The molecular formula is C16H23BrN2O5S. The predicted octanol–water partition coefficient (Wildman–Crippen LogP) is 1.38. The van der Waals surface area contributed by atoms with Gasteiger partial charge in [0.1, 0.15) is 6.61 Å². The Hall–Kier alpha value is -1.00. The summed E-state index contributed by atoms with van der Waals surface area (Å²) in [5.41, 5.74) is 0. The summed E-state index contributed by atoms with van der Waals surface area (Å²) in [6, 6.07) is 6.33. The second-order valence-electron chi connectivity index (χ2n) is 5.78. The number of hydrogen-bond donors (Lipinski definition) is 1. The summed E-state index contributed by atoms with van der Waals surface area (Å²) in [5, 5.41) is 0. The first-order valence-corrected chi connectivity index (χ1v) is 10.3. The molecule has 1 fully saturated rings. The van der Waals surface area contributed by atoms with Crippen LogP contribution in [0, 0.1) is 0 Å². The minimum absolute atomic E-state index is 0.0264. The molecule has 0 aliphatic carbocycles. The maximum atomic E-state index is 12.4. The molecule has 140 valence electrons. The van der Waals surface area contributed by atoms with Gasteiger partial charge in [-0.2, -0.15) is 0 Å². The van der Waals surface area contributed by atoms with Crippen LogP contribution in [0.2, 0.25) is 0 Å². The lowest BCUT2D eigenvalue weighted by molar-refractivity contribution is -0.137. The third-order valence-electron chi connectivity index (χ3n) is 3.95. The highest BCUT2D eigenvalue weighted by Crippen LogP contribution is 2.17. The monoisotopic (exact) mass is 434 g/mol. The Bertz CT molecular complexity index is 658. The van der Waals surface area contributed by atoms with Gasteiger partial charge in [-0.05, 0) is 37.1 Å². The summed E-state index contributed by atoms with van der Waals surface area (Å²) in [7, 11) is -1.97. The highest BCUT2D eigenvalue weighted by atomic mass is 79.9. The Balaban J connectivity index is 1.80. The molecule has 0 radical (unpaired) electrons. The van der Waals surface area contributed by atoms with Crippen molar-refractivity contribution in [3.8, 4) is 0 Å². The van der Waals surface area contributed by atoms with Crippen molar-refractivity contribution in [1.82, 2.24) is 9.62 Å². The molecule has 0 aromatic heterocycles. The number of halogens is 1. The van der Waals surface area contributed by atoms with E-state index >= 15 is 0 Å². The summed E-state index contributed by atoms with van der Waals surface area (Å²) in [5.74, 6) is -0.0784. The Morgan fingerprint density at radius 2 is 1.88 bits per heavy atom. The molecule has 1 aliphatic heterocycles. The number of rotatable bonds is 8. The van der Waals surface area contributed by atoms with E-state index in [1.807, 2.05) is 0 Å². The van der Waals surface area contributed by atoms with Crippen LogP contribution in [-0.4, -0.2) is 65.3 Å². The van der Waals surface area contributed by atoms with Gasteiger partial charge >= 0.3 is 0 Å². The molecule has 0 saturated carbocycles. The average molecular weight is 435 g/mol. The zero-order chi connectivity index (χ0) is 18.3. The van der Waals surface area contributed by atoms with Gasteiger partial charge in [-0.25, -0.2) is 13.1 Å². The fraction of sp³-hybridized carbons (Fsp3) is 0.562. The second-order valence-corrected chi connectivity index (χ2v) is 8.41. The van der Waals surface area contributed by atoms with Crippen molar-refractivity contribution < 1.29 is 22.7 Å². The van der Waals surface area contributed by atoms with Gasteiger partial charge < -0.3 is 14.4 Å². The van der Waals surface area contributed by atoms with Crippen molar-refractivity contribution in [3.63, 3.8) is 0 Å². The first-order valence-electron chi connectivity index (χ1n) is 8.05. The Morgan fingerprint density at radius 3 is 2.48 bits per heavy atom. The van der Waals surface area contributed by atoms with Crippen molar-refractivity contribution in [2.75, 3.05) is 40.0 Å². The summed E-state index contributed by atoms with van der Waals surface area (Å²) in [6.45, 7) is 1.89. The quantitative estimate of drug-likeness (QED) is 0.624. The average Bonchev–Trinajstić information content (AvgIpc) is 2.59. The summed E-state index contributed by atoms with van der Waals surface area (Å²) < 4.78 is 38.4. The number of ether oxygens (including phenoxy) is 2. The van der Waals surface area contributed by atoms with Crippen molar-refractivity contribution in [2.24, 2.45) is 0 Å². The van der Waals surface area contributed by atoms with Gasteiger partial charge in [0.2, 0.25) is 15.9 Å². The highest BCUT2D eigenvalue weighted by Gasteiger charge is 2.26. The molecule has 1 aliphatic rings. The number of nitrogens with zero attached hydrogens (tertiary/aromatic N) is 1. The number of carbonyl (C=O) groups excluding carboxylic acids is 1. The SMILES string of the molecule is COCCOCC(=O)N1CCC(NS(=O)(=O)c2ccc(Br)cc2)CC1. The molecule has 9 heteroatoms. The smallest absolute Gasteiger partial charge is 0.248 e. The first kappa shape index (κ1) is 20.3. The van der Waals surface area contributed by atoms with Crippen LogP contribution in [0.25, 0.3) is 0 Å². The van der Waals surface area contributed by atoms with Gasteiger partial charge in [0.25, 0.3) is 0 Å². The fourth-order valence-electron chi connectivity index (χ4n) is 2.54. The lowest BCUT2D eigenvalue weighted by Crippen LogP contribution is -2.47. The molecule has 1 amide bonds. The molecule has 1 N–H and O–H groups in total. The van der Waals surface area contributed by atoms with Gasteiger partial charge in [-0.15, -0.1) is 0 Å². The first-order chi connectivity index (χ1) is 11.9. The number of methoxy groups -OCH3 is 1. The van der Waals surface area contributed by atoms with Crippen molar-refractivity contribution in [3.05, 3.63) is 28.7 Å². The van der Waals surface area contributed by atoms with Crippen LogP contribution in [0.5, 0.6) is 0 Å². The number of amides is 1. The lowest BCUT2D eigenvalue weighted by Gasteiger charge is -2.32. The van der Waals surface area contributed by atoms with E-state index in [9.17, 15) is 13.2 Å². The molecule has 7 nitrogen and oxygen atoms in total. The number of likely N-dealkylation sites (tertiary alicyclic amines) is 1. The largest absolute Gasteiger partial charge is 0.382 e. The Kier molecular flexibility index (Phi) is 7.82. The number of hydrogen-bond acceptors (Lipinski definition) is 5. The zero-order valence-electron chi connectivity index (χ0n) is 14.1. The topological polar surface area (TPSA) is 84.9 Å². The molecule has 0 spiro atoms. The van der Waals surface area contributed by atoms with E-state index in [0.29, 0.717) is 39.1 Å². The summed E-state index contributed by atoms with van der Waals surface area (Å²) in [4.78, 5) is 14.0. The minimum Gasteiger partial charge on any atom is -0.382 e. The number of carbonyl (C=O) groups is 1. The molecule has 0 bridgehead atoms. The number of benzene rings is 1. The molecule has 1 saturated heterocycles. The molecule has 1 heterocycles. The molecule has 25 heavy (non-hydrogen) atoms.